The lowest BCUT2D eigenvalue weighted by Crippen LogP contribution is -2.18. The number of hydrogen-bond acceptors (Lipinski definition) is 5. The Hall–Kier alpha value is -3.41. The highest BCUT2D eigenvalue weighted by Gasteiger charge is 2.25. The molecule has 2 N–H and O–H groups in total. The second kappa shape index (κ2) is 14.2. The molecule has 0 unspecified atom stereocenters. The minimum Gasteiger partial charge on any atom is -0.512 e. The van der Waals surface area contributed by atoms with E-state index in [0.29, 0.717) is 50.0 Å². The molecule has 0 radical (unpaired) electrons. The van der Waals surface area contributed by atoms with Crippen molar-refractivity contribution in [3.63, 3.8) is 0 Å². The van der Waals surface area contributed by atoms with Gasteiger partial charge in [0.15, 0.2) is 11.6 Å². The Kier molecular flexibility index (Phi) is 11.4. The van der Waals surface area contributed by atoms with E-state index in [4.69, 9.17) is 4.74 Å². The number of aryl methyl sites for hydroxylation is 2. The molecule has 0 aliphatic heterocycles. The van der Waals surface area contributed by atoms with E-state index < -0.39 is 11.6 Å². The van der Waals surface area contributed by atoms with Crippen LogP contribution in [0, 0.1) is 12.7 Å². The van der Waals surface area contributed by atoms with Crippen LogP contribution in [-0.2, 0) is 16.0 Å². The topological polar surface area (TPSA) is 83.8 Å². The fraction of sp³-hybridized carbons (Fsp3) is 0.400. The maximum Gasteiger partial charge on any atom is 0.170 e. The van der Waals surface area contributed by atoms with Crippen molar-refractivity contribution in [2.24, 2.45) is 0 Å². The lowest BCUT2D eigenvalue weighted by atomic mass is 9.92. The Bertz CT molecular complexity index is 1110. The molecule has 0 amide bonds. The van der Waals surface area contributed by atoms with Gasteiger partial charge in [-0.15, -0.1) is 0 Å². The summed E-state index contributed by atoms with van der Waals surface area (Å²) in [5, 5.41) is 21.5. The van der Waals surface area contributed by atoms with Crippen molar-refractivity contribution in [2.75, 3.05) is 0 Å². The van der Waals surface area contributed by atoms with Crippen molar-refractivity contribution in [2.45, 2.75) is 79.1 Å². The minimum atomic E-state index is -0.435. The van der Waals surface area contributed by atoms with Crippen LogP contribution in [0.5, 0.6) is 11.5 Å². The van der Waals surface area contributed by atoms with Crippen LogP contribution in [0.25, 0.3) is 0 Å². The van der Waals surface area contributed by atoms with Crippen molar-refractivity contribution >= 4 is 11.6 Å². The van der Waals surface area contributed by atoms with Crippen LogP contribution < -0.4 is 4.74 Å². The molecule has 6 heteroatoms. The van der Waals surface area contributed by atoms with Gasteiger partial charge in [0, 0.05) is 24.8 Å². The van der Waals surface area contributed by atoms with Crippen LogP contribution >= 0.6 is 0 Å². The number of carbonyl (C=O) groups excluding carboxylic acids is 2. The Morgan fingerprint density at radius 3 is 1.97 bits per heavy atom. The molecule has 0 heterocycles. The molecule has 0 spiro atoms. The smallest absolute Gasteiger partial charge is 0.170 e. The molecular formula is C30H37FO5. The van der Waals surface area contributed by atoms with Gasteiger partial charge in [0.2, 0.25) is 0 Å². The molecule has 194 valence electrons. The first-order valence-corrected chi connectivity index (χ1v) is 12.7. The summed E-state index contributed by atoms with van der Waals surface area (Å²) in [6.07, 6.45) is 3.20. The fourth-order valence-corrected chi connectivity index (χ4v) is 3.98. The molecule has 36 heavy (non-hydrogen) atoms. The Balaban J connectivity index is 2.25. The normalized spacial score (nSPS) is 12.6. The predicted octanol–water partition coefficient (Wildman–Crippen LogP) is 8.02. The van der Waals surface area contributed by atoms with Crippen LogP contribution in [0.2, 0.25) is 0 Å². The molecule has 0 aliphatic rings. The van der Waals surface area contributed by atoms with Gasteiger partial charge in [-0.05, 0) is 80.1 Å². The highest BCUT2D eigenvalue weighted by molar-refractivity contribution is 6.20. The average molecular weight is 497 g/mol. The summed E-state index contributed by atoms with van der Waals surface area (Å²) in [4.78, 5) is 26.1. The average Bonchev–Trinajstić information content (AvgIpc) is 2.83. The van der Waals surface area contributed by atoms with Crippen molar-refractivity contribution in [1.29, 1.82) is 0 Å². The monoisotopic (exact) mass is 496 g/mol. The molecular weight excluding hydrogens is 459 g/mol. The molecule has 0 fully saturated rings. The molecule has 0 atom stereocenters. The zero-order chi connectivity index (χ0) is 26.7. The zero-order valence-corrected chi connectivity index (χ0v) is 21.7. The maximum atomic E-state index is 13.2. The van der Waals surface area contributed by atoms with Gasteiger partial charge < -0.3 is 14.9 Å². The molecule has 0 saturated carbocycles. The van der Waals surface area contributed by atoms with Gasteiger partial charge in [0.1, 0.15) is 28.6 Å². The first-order valence-electron chi connectivity index (χ1n) is 12.7. The van der Waals surface area contributed by atoms with E-state index in [9.17, 15) is 24.2 Å². The van der Waals surface area contributed by atoms with E-state index in [1.165, 1.54) is 12.1 Å². The highest BCUT2D eigenvalue weighted by atomic mass is 19.1. The van der Waals surface area contributed by atoms with E-state index in [1.807, 2.05) is 39.8 Å². The summed E-state index contributed by atoms with van der Waals surface area (Å²) in [5.74, 6) is -0.433. The number of carbonyl (C=O) groups is 2. The number of aliphatic hydroxyl groups excluding tert-OH is 2. The molecule has 0 aromatic heterocycles. The lowest BCUT2D eigenvalue weighted by molar-refractivity contribution is -0.121. The molecule has 5 nitrogen and oxygen atoms in total. The Morgan fingerprint density at radius 1 is 0.806 bits per heavy atom. The first-order chi connectivity index (χ1) is 17.2. The van der Waals surface area contributed by atoms with Gasteiger partial charge in [-0.2, -0.15) is 0 Å². The second-order valence-electron chi connectivity index (χ2n) is 8.89. The third kappa shape index (κ3) is 8.08. The lowest BCUT2D eigenvalue weighted by Gasteiger charge is -2.14. The predicted molar refractivity (Wildman–Crippen MR) is 140 cm³/mol. The van der Waals surface area contributed by atoms with Gasteiger partial charge in [0.25, 0.3) is 0 Å². The summed E-state index contributed by atoms with van der Waals surface area (Å²) < 4.78 is 18.9. The third-order valence-electron chi connectivity index (χ3n) is 5.88. The minimum absolute atomic E-state index is 0.0269. The Labute approximate surface area is 213 Å². The van der Waals surface area contributed by atoms with Crippen LogP contribution in [0.15, 0.2) is 65.1 Å². The van der Waals surface area contributed by atoms with Crippen molar-refractivity contribution in [3.8, 4) is 11.5 Å². The highest BCUT2D eigenvalue weighted by Crippen LogP contribution is 2.27. The summed E-state index contributed by atoms with van der Waals surface area (Å²) in [6.45, 7) is 7.56. The molecule has 0 saturated heterocycles. The SMILES string of the molecule is CCCC(=O)/C(C(=O)CCc1ccc(Oc2ccc(F)cc2)cc1C)=C(O)\C(CCC)=C(\O)CCC. The van der Waals surface area contributed by atoms with Crippen LogP contribution in [0.1, 0.15) is 76.8 Å². The third-order valence-corrected chi connectivity index (χ3v) is 5.88. The van der Waals surface area contributed by atoms with Crippen molar-refractivity contribution in [3.05, 3.63) is 82.1 Å². The number of ether oxygens (including phenoxy) is 1. The molecule has 0 bridgehead atoms. The summed E-state index contributed by atoms with van der Waals surface area (Å²) in [5.41, 5.74) is 1.89. The number of halogens is 1. The van der Waals surface area contributed by atoms with Crippen molar-refractivity contribution < 1.29 is 28.9 Å². The molecule has 2 rings (SSSR count). The van der Waals surface area contributed by atoms with Crippen LogP contribution in [-0.4, -0.2) is 21.8 Å². The first kappa shape index (κ1) is 28.8. The van der Waals surface area contributed by atoms with Gasteiger partial charge in [-0.1, -0.05) is 33.3 Å². The van der Waals surface area contributed by atoms with E-state index in [2.05, 4.69) is 0 Å². The second-order valence-corrected chi connectivity index (χ2v) is 8.89. The van der Waals surface area contributed by atoms with Gasteiger partial charge >= 0.3 is 0 Å². The summed E-state index contributed by atoms with van der Waals surface area (Å²) >= 11 is 0. The van der Waals surface area contributed by atoms with Crippen LogP contribution in [0.3, 0.4) is 0 Å². The van der Waals surface area contributed by atoms with E-state index in [-0.39, 0.29) is 41.3 Å². The van der Waals surface area contributed by atoms with Gasteiger partial charge in [0.05, 0.1) is 5.76 Å². The number of Topliss-reactive ketones (excluding diaryl/α,β-unsaturated/α-hetero) is 2. The van der Waals surface area contributed by atoms with E-state index >= 15 is 0 Å². The number of aliphatic hydroxyl groups is 2. The van der Waals surface area contributed by atoms with E-state index in [1.54, 1.807) is 18.2 Å². The Morgan fingerprint density at radius 2 is 1.39 bits per heavy atom. The largest absolute Gasteiger partial charge is 0.512 e. The summed E-state index contributed by atoms with van der Waals surface area (Å²) in [7, 11) is 0. The molecule has 2 aromatic rings. The standard InChI is InChI=1S/C30H37FO5/c1-5-8-25(26(32)9-6-2)30(35)29(27(33)10-7-3)28(34)18-12-21-11-15-24(19-20(21)4)36-23-16-13-22(31)14-17-23/h11,13-17,19,32,35H,5-10,12,18H2,1-4H3/b26-25+,30-29-. The number of allylic oxidation sites excluding steroid dienone is 3. The van der Waals surface area contributed by atoms with Crippen molar-refractivity contribution in [1.82, 2.24) is 0 Å². The molecule has 0 aliphatic carbocycles. The zero-order valence-electron chi connectivity index (χ0n) is 21.7. The van der Waals surface area contributed by atoms with Gasteiger partial charge in [-0.3, -0.25) is 9.59 Å². The number of benzene rings is 2. The number of rotatable bonds is 14. The summed E-state index contributed by atoms with van der Waals surface area (Å²) in [6, 6.07) is 11.2. The van der Waals surface area contributed by atoms with E-state index in [0.717, 1.165) is 11.1 Å². The van der Waals surface area contributed by atoms with Crippen LogP contribution in [0.4, 0.5) is 4.39 Å². The number of hydrogen-bond donors (Lipinski definition) is 2. The maximum absolute atomic E-state index is 13.2. The fourth-order valence-electron chi connectivity index (χ4n) is 3.98. The number of ketones is 2. The molecule has 2 aromatic carbocycles. The van der Waals surface area contributed by atoms with Gasteiger partial charge in [-0.25, -0.2) is 4.39 Å². The quantitative estimate of drug-likeness (QED) is 0.0909.